The molecule has 1 aliphatic carbocycles. The Labute approximate surface area is 111 Å². The van der Waals surface area contributed by atoms with Gasteiger partial charge >= 0.3 is 0 Å². The summed E-state index contributed by atoms with van der Waals surface area (Å²) in [6.07, 6.45) is 5.52. The SMILES string of the molecule is Cc1cc(C)c(C)c(CC2CCC(O)CC2)c1C. The predicted molar refractivity (Wildman–Crippen MR) is 77.1 cm³/mol. The van der Waals surface area contributed by atoms with Crippen molar-refractivity contribution in [2.75, 3.05) is 0 Å². The normalized spacial score (nSPS) is 24.3. The molecule has 100 valence electrons. The van der Waals surface area contributed by atoms with Crippen LogP contribution in [-0.2, 0) is 6.42 Å². The molecule has 0 saturated heterocycles. The number of aryl methyl sites for hydroxylation is 2. The third-order valence-electron chi connectivity index (χ3n) is 4.83. The highest BCUT2D eigenvalue weighted by molar-refractivity contribution is 5.44. The molecule has 1 fully saturated rings. The molecule has 1 saturated carbocycles. The molecule has 0 bridgehead atoms. The monoisotopic (exact) mass is 246 g/mol. The fourth-order valence-corrected chi connectivity index (χ4v) is 3.24. The van der Waals surface area contributed by atoms with Gasteiger partial charge in [-0.3, -0.25) is 0 Å². The Kier molecular flexibility index (Phi) is 4.11. The maximum absolute atomic E-state index is 9.59. The van der Waals surface area contributed by atoms with Gasteiger partial charge in [0.2, 0.25) is 0 Å². The molecule has 0 atom stereocenters. The van der Waals surface area contributed by atoms with Gasteiger partial charge in [-0.15, -0.1) is 0 Å². The average Bonchev–Trinajstić information content (AvgIpc) is 2.34. The molecule has 1 aliphatic rings. The summed E-state index contributed by atoms with van der Waals surface area (Å²) in [4.78, 5) is 0. The van der Waals surface area contributed by atoms with Gasteiger partial charge in [-0.25, -0.2) is 0 Å². The molecule has 0 spiro atoms. The highest BCUT2D eigenvalue weighted by atomic mass is 16.3. The molecule has 1 heteroatoms. The molecule has 0 aromatic heterocycles. The molecule has 0 aliphatic heterocycles. The maximum Gasteiger partial charge on any atom is 0.0540 e. The molecule has 18 heavy (non-hydrogen) atoms. The highest BCUT2D eigenvalue weighted by Crippen LogP contribution is 2.31. The molecule has 0 unspecified atom stereocenters. The van der Waals surface area contributed by atoms with Crippen molar-refractivity contribution in [3.63, 3.8) is 0 Å². The minimum atomic E-state index is -0.0392. The molecule has 2 rings (SSSR count). The molecular formula is C17H26O. The zero-order chi connectivity index (χ0) is 13.3. The Balaban J connectivity index is 2.18. The van der Waals surface area contributed by atoms with Crippen LogP contribution in [0, 0.1) is 33.6 Å². The zero-order valence-corrected chi connectivity index (χ0v) is 12.2. The standard InChI is InChI=1S/C17H26O/c1-11-9-12(2)14(4)17(13(11)3)10-15-5-7-16(18)8-6-15/h9,15-16,18H,5-8,10H2,1-4H3. The number of aliphatic hydroxyl groups is 1. The molecule has 1 nitrogen and oxygen atoms in total. The van der Waals surface area contributed by atoms with E-state index in [4.69, 9.17) is 0 Å². The second-order valence-electron chi connectivity index (χ2n) is 6.12. The Morgan fingerprint density at radius 2 is 1.44 bits per heavy atom. The number of rotatable bonds is 2. The van der Waals surface area contributed by atoms with Gasteiger partial charge in [0.15, 0.2) is 0 Å². The summed E-state index contributed by atoms with van der Waals surface area (Å²) in [7, 11) is 0. The van der Waals surface area contributed by atoms with Crippen LogP contribution in [0.4, 0.5) is 0 Å². The number of aliphatic hydroxyl groups excluding tert-OH is 1. The largest absolute Gasteiger partial charge is 0.393 e. The van der Waals surface area contributed by atoms with Crippen LogP contribution in [0.25, 0.3) is 0 Å². The van der Waals surface area contributed by atoms with Gasteiger partial charge in [-0.1, -0.05) is 6.07 Å². The van der Waals surface area contributed by atoms with Crippen molar-refractivity contribution in [2.24, 2.45) is 5.92 Å². The second kappa shape index (κ2) is 5.44. The zero-order valence-electron chi connectivity index (χ0n) is 12.2. The predicted octanol–water partition coefficient (Wildman–Crippen LogP) is 4.01. The van der Waals surface area contributed by atoms with Gasteiger partial charge < -0.3 is 5.11 Å². The van der Waals surface area contributed by atoms with E-state index in [2.05, 4.69) is 33.8 Å². The van der Waals surface area contributed by atoms with Gasteiger partial charge in [0.25, 0.3) is 0 Å². The van der Waals surface area contributed by atoms with Gasteiger partial charge in [0.1, 0.15) is 0 Å². The summed E-state index contributed by atoms with van der Waals surface area (Å²) in [5, 5.41) is 9.59. The van der Waals surface area contributed by atoms with Crippen molar-refractivity contribution in [3.05, 3.63) is 33.9 Å². The Bertz CT molecular complexity index is 399. The van der Waals surface area contributed by atoms with Gasteiger partial charge in [0, 0.05) is 0 Å². The van der Waals surface area contributed by atoms with Gasteiger partial charge in [-0.2, -0.15) is 0 Å². The second-order valence-corrected chi connectivity index (χ2v) is 6.12. The quantitative estimate of drug-likeness (QED) is 0.836. The van der Waals surface area contributed by atoms with Crippen LogP contribution < -0.4 is 0 Å². The minimum Gasteiger partial charge on any atom is -0.393 e. The summed E-state index contributed by atoms with van der Waals surface area (Å²) < 4.78 is 0. The van der Waals surface area contributed by atoms with E-state index in [0.29, 0.717) is 0 Å². The number of hydrogen-bond donors (Lipinski definition) is 1. The Morgan fingerprint density at radius 3 is 1.94 bits per heavy atom. The minimum absolute atomic E-state index is 0.0392. The lowest BCUT2D eigenvalue weighted by Gasteiger charge is -2.27. The summed E-state index contributed by atoms with van der Waals surface area (Å²) in [6, 6.07) is 2.30. The molecule has 0 radical (unpaired) electrons. The van der Waals surface area contributed by atoms with Crippen molar-refractivity contribution in [3.8, 4) is 0 Å². The molecule has 1 aromatic carbocycles. The fraction of sp³-hybridized carbons (Fsp3) is 0.647. The molecule has 0 amide bonds. The molecule has 1 N–H and O–H groups in total. The van der Waals surface area contributed by atoms with E-state index in [-0.39, 0.29) is 6.10 Å². The van der Waals surface area contributed by atoms with Crippen LogP contribution in [0.15, 0.2) is 6.07 Å². The van der Waals surface area contributed by atoms with Gasteiger partial charge in [0.05, 0.1) is 6.10 Å². The van der Waals surface area contributed by atoms with Crippen LogP contribution >= 0.6 is 0 Å². The highest BCUT2D eigenvalue weighted by Gasteiger charge is 2.21. The topological polar surface area (TPSA) is 20.2 Å². The van der Waals surface area contributed by atoms with Crippen LogP contribution in [0.5, 0.6) is 0 Å². The van der Waals surface area contributed by atoms with Crippen molar-refractivity contribution >= 4 is 0 Å². The first kappa shape index (κ1) is 13.6. The van der Waals surface area contributed by atoms with E-state index < -0.39 is 0 Å². The lowest BCUT2D eigenvalue weighted by atomic mass is 9.80. The van der Waals surface area contributed by atoms with Crippen molar-refractivity contribution in [1.29, 1.82) is 0 Å². The van der Waals surface area contributed by atoms with E-state index in [1.165, 1.54) is 41.5 Å². The number of benzene rings is 1. The van der Waals surface area contributed by atoms with E-state index >= 15 is 0 Å². The first-order valence-electron chi connectivity index (χ1n) is 7.23. The maximum atomic E-state index is 9.59. The van der Waals surface area contributed by atoms with Crippen molar-refractivity contribution in [1.82, 2.24) is 0 Å². The van der Waals surface area contributed by atoms with Crippen LogP contribution in [0.3, 0.4) is 0 Å². The molecule has 1 aromatic rings. The first-order valence-corrected chi connectivity index (χ1v) is 7.23. The van der Waals surface area contributed by atoms with E-state index in [9.17, 15) is 5.11 Å². The van der Waals surface area contributed by atoms with E-state index in [1.807, 2.05) is 0 Å². The first-order chi connectivity index (χ1) is 8.49. The van der Waals surface area contributed by atoms with Crippen LogP contribution in [0.2, 0.25) is 0 Å². The van der Waals surface area contributed by atoms with E-state index in [1.54, 1.807) is 5.56 Å². The smallest absolute Gasteiger partial charge is 0.0540 e. The third kappa shape index (κ3) is 2.77. The average molecular weight is 246 g/mol. The van der Waals surface area contributed by atoms with Crippen molar-refractivity contribution < 1.29 is 5.11 Å². The molecular weight excluding hydrogens is 220 g/mol. The summed E-state index contributed by atoms with van der Waals surface area (Å²) in [5.74, 6) is 0.770. The summed E-state index contributed by atoms with van der Waals surface area (Å²) >= 11 is 0. The lowest BCUT2D eigenvalue weighted by molar-refractivity contribution is 0.108. The third-order valence-corrected chi connectivity index (χ3v) is 4.83. The van der Waals surface area contributed by atoms with Crippen LogP contribution in [-0.4, -0.2) is 11.2 Å². The van der Waals surface area contributed by atoms with E-state index in [0.717, 1.165) is 18.8 Å². The van der Waals surface area contributed by atoms with Crippen molar-refractivity contribution in [2.45, 2.75) is 65.9 Å². The Morgan fingerprint density at radius 1 is 0.944 bits per heavy atom. The fourth-order valence-electron chi connectivity index (χ4n) is 3.24. The Hall–Kier alpha value is -0.820. The van der Waals surface area contributed by atoms with Crippen LogP contribution in [0.1, 0.15) is 53.5 Å². The summed E-state index contributed by atoms with van der Waals surface area (Å²) in [5.41, 5.74) is 7.36. The number of hydrogen-bond acceptors (Lipinski definition) is 1. The molecule has 0 heterocycles. The summed E-state index contributed by atoms with van der Waals surface area (Å²) in [6.45, 7) is 8.95. The van der Waals surface area contributed by atoms with Gasteiger partial charge in [-0.05, 0) is 93.5 Å². The lowest BCUT2D eigenvalue weighted by Crippen LogP contribution is -2.20.